The van der Waals surface area contributed by atoms with Crippen molar-refractivity contribution in [1.82, 2.24) is 0 Å². The third-order valence-electron chi connectivity index (χ3n) is 1.29. The molecule has 0 aliphatic heterocycles. The van der Waals surface area contributed by atoms with E-state index in [2.05, 4.69) is 6.58 Å². The molecule has 1 amide bonds. The van der Waals surface area contributed by atoms with Crippen molar-refractivity contribution in [2.75, 3.05) is 0 Å². The first kappa shape index (κ1) is 8.81. The number of carbonyl (C=O) groups is 1. The van der Waals surface area contributed by atoms with Crippen LogP contribution < -0.4 is 0 Å². The van der Waals surface area contributed by atoms with Gasteiger partial charge in [0.1, 0.15) is 10.8 Å². The molecule has 4 heteroatoms. The molecule has 0 aliphatic rings. The summed E-state index contributed by atoms with van der Waals surface area (Å²) in [4.78, 5) is 19.5. The number of nitro groups is 1. The smallest absolute Gasteiger partial charge is 0.256 e. The molecule has 0 aliphatic carbocycles. The highest BCUT2D eigenvalue weighted by molar-refractivity contribution is 5.72. The lowest BCUT2D eigenvalue weighted by Gasteiger charge is -2.00. The predicted molar refractivity (Wildman–Crippen MR) is 36.0 cm³/mol. The van der Waals surface area contributed by atoms with E-state index in [0.717, 1.165) is 0 Å². The fraction of sp³-hybridized carbons (Fsp3) is 0.500. The van der Waals surface area contributed by atoms with Crippen molar-refractivity contribution in [2.24, 2.45) is 5.92 Å². The molecule has 0 aromatic rings. The minimum atomic E-state index is -0.993. The second-order valence-electron chi connectivity index (χ2n) is 2.16. The molecule has 1 atom stereocenters. The van der Waals surface area contributed by atoms with Crippen LogP contribution in [-0.2, 0) is 4.79 Å². The van der Waals surface area contributed by atoms with E-state index >= 15 is 0 Å². The highest BCUT2D eigenvalue weighted by Gasteiger charge is 2.24. The average molecular weight is 143 g/mol. The van der Waals surface area contributed by atoms with Crippen molar-refractivity contribution in [2.45, 2.75) is 13.8 Å². The number of nitrogens with zero attached hydrogens (tertiary/aromatic N) is 1. The van der Waals surface area contributed by atoms with Crippen molar-refractivity contribution < 1.29 is 9.72 Å². The lowest BCUT2D eigenvalue weighted by Crippen LogP contribution is -2.20. The Kier molecular flexibility index (Phi) is 2.73. The molecule has 4 nitrogen and oxygen atoms in total. The van der Waals surface area contributed by atoms with Crippen LogP contribution in [0.15, 0.2) is 12.2 Å². The lowest BCUT2D eigenvalue weighted by atomic mass is 10.0. The zero-order chi connectivity index (χ0) is 8.31. The molecular formula is C6H9NO3. The van der Waals surface area contributed by atoms with Gasteiger partial charge in [0.25, 0.3) is 0 Å². The van der Waals surface area contributed by atoms with Gasteiger partial charge in [-0.1, -0.05) is 12.2 Å². The molecule has 0 rings (SSSR count). The van der Waals surface area contributed by atoms with Gasteiger partial charge >= 0.3 is 5.91 Å². The molecule has 0 aromatic heterocycles. The van der Waals surface area contributed by atoms with Crippen LogP contribution in [-0.4, -0.2) is 10.8 Å². The fourth-order valence-corrected chi connectivity index (χ4v) is 0.369. The monoisotopic (exact) mass is 143 g/mol. The highest BCUT2D eigenvalue weighted by Crippen LogP contribution is 2.07. The van der Waals surface area contributed by atoms with E-state index in [-0.39, 0.29) is 0 Å². The molecule has 0 bridgehead atoms. The summed E-state index contributed by atoms with van der Waals surface area (Å²) in [6.07, 6.45) is 0. The maximum atomic E-state index is 10.5. The number of amides is 1. The molecule has 0 saturated carbocycles. The van der Waals surface area contributed by atoms with Crippen molar-refractivity contribution in [1.29, 1.82) is 0 Å². The van der Waals surface area contributed by atoms with Crippen LogP contribution >= 0.6 is 0 Å². The normalized spacial score (nSPS) is 12.2. The Morgan fingerprint density at radius 1 is 1.70 bits per heavy atom. The largest absolute Gasteiger partial charge is 0.451 e. The molecule has 0 fully saturated rings. The molecular weight excluding hydrogens is 134 g/mol. The summed E-state index contributed by atoms with van der Waals surface area (Å²) in [6, 6.07) is 0. The first-order valence-electron chi connectivity index (χ1n) is 2.80. The first-order chi connectivity index (χ1) is 4.46. The quantitative estimate of drug-likeness (QED) is 0.329. The Bertz CT molecular complexity index is 185. The van der Waals surface area contributed by atoms with Gasteiger partial charge in [0.15, 0.2) is 0 Å². The highest BCUT2D eigenvalue weighted by atomic mass is 16.6. The van der Waals surface area contributed by atoms with E-state index in [1.807, 2.05) is 0 Å². The topological polar surface area (TPSA) is 60.2 Å². The maximum absolute atomic E-state index is 10.5. The van der Waals surface area contributed by atoms with Gasteiger partial charge in [0, 0.05) is 0 Å². The third kappa shape index (κ3) is 1.97. The van der Waals surface area contributed by atoms with Crippen molar-refractivity contribution in [3.05, 3.63) is 22.3 Å². The molecule has 0 aromatic carbocycles. The lowest BCUT2D eigenvalue weighted by molar-refractivity contribution is -0.405. The van der Waals surface area contributed by atoms with E-state index in [0.29, 0.717) is 5.57 Å². The van der Waals surface area contributed by atoms with Gasteiger partial charge in [-0.25, -0.2) is 4.79 Å². The van der Waals surface area contributed by atoms with Crippen LogP contribution in [0.2, 0.25) is 0 Å². The van der Waals surface area contributed by atoms with Crippen LogP contribution in [0.1, 0.15) is 13.8 Å². The molecule has 0 saturated heterocycles. The molecule has 56 valence electrons. The fourth-order valence-electron chi connectivity index (χ4n) is 0.369. The van der Waals surface area contributed by atoms with Crippen LogP contribution in [0.25, 0.3) is 0 Å². The van der Waals surface area contributed by atoms with E-state index in [9.17, 15) is 14.9 Å². The molecule has 10 heavy (non-hydrogen) atoms. The maximum Gasteiger partial charge on any atom is 0.451 e. The Morgan fingerprint density at radius 2 is 2.10 bits per heavy atom. The summed E-state index contributed by atoms with van der Waals surface area (Å²) < 4.78 is 0. The van der Waals surface area contributed by atoms with Gasteiger partial charge in [0.2, 0.25) is 0 Å². The van der Waals surface area contributed by atoms with Gasteiger partial charge in [0.05, 0.1) is 0 Å². The van der Waals surface area contributed by atoms with Gasteiger partial charge in [-0.05, 0) is 13.8 Å². The number of hydrogen-bond acceptors (Lipinski definition) is 3. The second kappa shape index (κ2) is 3.10. The second-order valence-corrected chi connectivity index (χ2v) is 2.16. The van der Waals surface area contributed by atoms with Crippen molar-refractivity contribution in [3.8, 4) is 0 Å². The minimum Gasteiger partial charge on any atom is -0.256 e. The van der Waals surface area contributed by atoms with Crippen LogP contribution in [0, 0.1) is 16.0 Å². The van der Waals surface area contributed by atoms with Crippen molar-refractivity contribution >= 4 is 5.91 Å². The number of carbonyl (C=O) groups excluding carboxylic acids is 1. The van der Waals surface area contributed by atoms with E-state index in [1.54, 1.807) is 6.92 Å². The van der Waals surface area contributed by atoms with E-state index in [1.165, 1.54) is 6.92 Å². The van der Waals surface area contributed by atoms with Gasteiger partial charge in [-0.2, -0.15) is 0 Å². The molecule has 0 heterocycles. The van der Waals surface area contributed by atoms with Crippen LogP contribution in [0.5, 0.6) is 0 Å². The third-order valence-corrected chi connectivity index (χ3v) is 1.29. The molecule has 0 N–H and O–H groups in total. The Labute approximate surface area is 58.7 Å². The summed E-state index contributed by atoms with van der Waals surface area (Å²) in [6.45, 7) is 6.49. The number of hydrogen-bond donors (Lipinski definition) is 0. The van der Waals surface area contributed by atoms with E-state index < -0.39 is 16.7 Å². The average Bonchev–Trinajstić information content (AvgIpc) is 1.84. The zero-order valence-electron chi connectivity index (χ0n) is 5.96. The van der Waals surface area contributed by atoms with Crippen molar-refractivity contribution in [3.63, 3.8) is 0 Å². The van der Waals surface area contributed by atoms with Gasteiger partial charge < -0.3 is 0 Å². The first-order valence-corrected chi connectivity index (χ1v) is 2.80. The molecule has 1 unspecified atom stereocenters. The molecule has 0 spiro atoms. The SMILES string of the molecule is C=C(C)C(C)C(=O)[N+](=O)[O-]. The minimum absolute atomic E-state index is 0.515. The Hall–Kier alpha value is -1.19. The Balaban J connectivity index is 4.22. The predicted octanol–water partition coefficient (Wildman–Crippen LogP) is 1.00. The standard InChI is InChI=1S/C6H9NO3/c1-4(2)5(3)6(8)7(9)10/h5H,1H2,2-3H3. The summed E-state index contributed by atoms with van der Waals surface area (Å²) in [7, 11) is 0. The summed E-state index contributed by atoms with van der Waals surface area (Å²) >= 11 is 0. The van der Waals surface area contributed by atoms with Gasteiger partial charge in [-0.3, -0.25) is 10.1 Å². The van der Waals surface area contributed by atoms with E-state index in [4.69, 9.17) is 0 Å². The van der Waals surface area contributed by atoms with Crippen LogP contribution in [0.3, 0.4) is 0 Å². The Morgan fingerprint density at radius 3 is 2.20 bits per heavy atom. The number of rotatable bonds is 2. The summed E-state index contributed by atoms with van der Waals surface area (Å²) in [5.41, 5.74) is 0.515. The summed E-state index contributed by atoms with van der Waals surface area (Å²) in [5, 5.41) is 9.86. The van der Waals surface area contributed by atoms with Gasteiger partial charge in [-0.15, -0.1) is 0 Å². The van der Waals surface area contributed by atoms with Crippen LogP contribution in [0.4, 0.5) is 0 Å². The molecule has 0 radical (unpaired) electrons. The summed E-state index contributed by atoms with van der Waals surface area (Å²) in [5.74, 6) is -1.66. The zero-order valence-corrected chi connectivity index (χ0v) is 5.96.